The van der Waals surface area contributed by atoms with Crippen molar-refractivity contribution in [3.8, 4) is 0 Å². The van der Waals surface area contributed by atoms with Crippen LogP contribution in [0.1, 0.15) is 42.7 Å². The molecule has 0 aromatic carbocycles. The van der Waals surface area contributed by atoms with Crippen LogP contribution in [0.3, 0.4) is 0 Å². The maximum absolute atomic E-state index is 12.6. The average molecular weight is 277 g/mol. The number of pyridine rings is 1. The third-order valence-electron chi connectivity index (χ3n) is 3.39. The van der Waals surface area contributed by atoms with E-state index >= 15 is 0 Å². The zero-order chi connectivity index (χ0) is 14.5. The lowest BCUT2D eigenvalue weighted by molar-refractivity contribution is 0.0562. The van der Waals surface area contributed by atoms with E-state index in [4.69, 9.17) is 10.5 Å². The Kier molecular flexibility index (Phi) is 4.95. The maximum atomic E-state index is 12.6. The van der Waals surface area contributed by atoms with Gasteiger partial charge in [0.15, 0.2) is 0 Å². The van der Waals surface area contributed by atoms with E-state index in [9.17, 15) is 4.79 Å². The SMILES string of the molecule is CCCc1cc(C(=O)N2CCCOC(C)C2)cc(N)n1. The molecule has 1 aromatic heterocycles. The Bertz CT molecular complexity index is 476. The van der Waals surface area contributed by atoms with Crippen molar-refractivity contribution in [3.63, 3.8) is 0 Å². The van der Waals surface area contributed by atoms with Crippen LogP contribution in [0.15, 0.2) is 12.1 Å². The van der Waals surface area contributed by atoms with E-state index in [-0.39, 0.29) is 12.0 Å². The van der Waals surface area contributed by atoms with Crippen molar-refractivity contribution in [2.45, 2.75) is 39.2 Å². The highest BCUT2D eigenvalue weighted by molar-refractivity contribution is 5.95. The molecule has 5 heteroatoms. The second-order valence-electron chi connectivity index (χ2n) is 5.31. The van der Waals surface area contributed by atoms with E-state index in [1.165, 1.54) is 0 Å². The predicted octanol–water partition coefficient (Wildman–Crippen LogP) is 1.87. The van der Waals surface area contributed by atoms with Gasteiger partial charge < -0.3 is 15.4 Å². The molecule has 2 N–H and O–H groups in total. The highest BCUT2D eigenvalue weighted by atomic mass is 16.5. The number of rotatable bonds is 3. The van der Waals surface area contributed by atoms with Gasteiger partial charge in [-0.05, 0) is 31.9 Å². The van der Waals surface area contributed by atoms with E-state index in [1.807, 2.05) is 17.9 Å². The second-order valence-corrected chi connectivity index (χ2v) is 5.31. The number of carbonyl (C=O) groups excluding carboxylic acids is 1. The van der Waals surface area contributed by atoms with Crippen LogP contribution in [0.25, 0.3) is 0 Å². The third kappa shape index (κ3) is 3.70. The fourth-order valence-electron chi connectivity index (χ4n) is 2.48. The van der Waals surface area contributed by atoms with Crippen molar-refractivity contribution < 1.29 is 9.53 Å². The van der Waals surface area contributed by atoms with Crippen LogP contribution in [0.2, 0.25) is 0 Å². The molecule has 0 radical (unpaired) electrons. The van der Waals surface area contributed by atoms with Gasteiger partial charge in [-0.25, -0.2) is 4.98 Å². The summed E-state index contributed by atoms with van der Waals surface area (Å²) in [6.45, 7) is 6.15. The normalized spacial score (nSPS) is 19.7. The standard InChI is InChI=1S/C15H23N3O2/c1-3-5-13-8-12(9-14(16)17-13)15(19)18-6-4-7-20-11(2)10-18/h8-9,11H,3-7,10H2,1-2H3,(H2,16,17). The molecule has 110 valence electrons. The summed E-state index contributed by atoms with van der Waals surface area (Å²) in [5.41, 5.74) is 7.33. The third-order valence-corrected chi connectivity index (χ3v) is 3.39. The number of anilines is 1. The molecular weight excluding hydrogens is 254 g/mol. The number of ether oxygens (including phenoxy) is 1. The topological polar surface area (TPSA) is 68.5 Å². The molecule has 1 amide bonds. The van der Waals surface area contributed by atoms with Gasteiger partial charge in [-0.2, -0.15) is 0 Å². The van der Waals surface area contributed by atoms with E-state index in [0.717, 1.165) is 31.5 Å². The number of amides is 1. The fraction of sp³-hybridized carbons (Fsp3) is 0.600. The smallest absolute Gasteiger partial charge is 0.254 e. The molecule has 1 fully saturated rings. The van der Waals surface area contributed by atoms with Crippen LogP contribution >= 0.6 is 0 Å². The summed E-state index contributed by atoms with van der Waals surface area (Å²) in [5, 5.41) is 0. The number of nitrogen functional groups attached to an aromatic ring is 1. The molecule has 5 nitrogen and oxygen atoms in total. The van der Waals surface area contributed by atoms with Crippen LogP contribution in [0.4, 0.5) is 5.82 Å². The Labute approximate surface area is 120 Å². The van der Waals surface area contributed by atoms with Gasteiger partial charge in [-0.3, -0.25) is 4.79 Å². The van der Waals surface area contributed by atoms with Gasteiger partial charge >= 0.3 is 0 Å². The number of nitrogens with two attached hydrogens (primary N) is 1. The van der Waals surface area contributed by atoms with E-state index in [0.29, 0.717) is 24.5 Å². The monoisotopic (exact) mass is 277 g/mol. The Hall–Kier alpha value is -1.62. The number of aromatic nitrogens is 1. The number of aryl methyl sites for hydroxylation is 1. The summed E-state index contributed by atoms with van der Waals surface area (Å²) in [4.78, 5) is 18.7. The lowest BCUT2D eigenvalue weighted by Gasteiger charge is -2.22. The second kappa shape index (κ2) is 6.70. The molecule has 2 heterocycles. The van der Waals surface area contributed by atoms with Gasteiger partial charge in [-0.15, -0.1) is 0 Å². The van der Waals surface area contributed by atoms with Crippen molar-refractivity contribution in [3.05, 3.63) is 23.4 Å². The van der Waals surface area contributed by atoms with Crippen molar-refractivity contribution in [1.29, 1.82) is 0 Å². The summed E-state index contributed by atoms with van der Waals surface area (Å²) in [5.74, 6) is 0.437. The summed E-state index contributed by atoms with van der Waals surface area (Å²) < 4.78 is 5.57. The molecule has 20 heavy (non-hydrogen) atoms. The summed E-state index contributed by atoms with van der Waals surface area (Å²) in [6.07, 6.45) is 2.78. The first-order valence-electron chi connectivity index (χ1n) is 7.27. The molecule has 1 aromatic rings. The largest absolute Gasteiger partial charge is 0.384 e. The molecule has 2 rings (SSSR count). The molecule has 0 saturated carbocycles. The van der Waals surface area contributed by atoms with Crippen LogP contribution in [-0.4, -0.2) is 41.6 Å². The Morgan fingerprint density at radius 3 is 3.10 bits per heavy atom. The van der Waals surface area contributed by atoms with Gasteiger partial charge in [0.05, 0.1) is 6.10 Å². The molecule has 0 spiro atoms. The van der Waals surface area contributed by atoms with Gasteiger partial charge in [0.2, 0.25) is 0 Å². The van der Waals surface area contributed by atoms with E-state index < -0.39 is 0 Å². The molecule has 1 saturated heterocycles. The van der Waals surface area contributed by atoms with Crippen molar-refractivity contribution in [2.75, 3.05) is 25.4 Å². The minimum Gasteiger partial charge on any atom is -0.384 e. The molecule has 0 aliphatic carbocycles. The molecule has 1 aliphatic rings. The first kappa shape index (κ1) is 14.8. The summed E-state index contributed by atoms with van der Waals surface area (Å²) in [7, 11) is 0. The zero-order valence-electron chi connectivity index (χ0n) is 12.3. The number of nitrogens with zero attached hydrogens (tertiary/aromatic N) is 2. The first-order chi connectivity index (χ1) is 9.60. The molecule has 1 atom stereocenters. The molecular formula is C15H23N3O2. The van der Waals surface area contributed by atoms with Crippen molar-refractivity contribution >= 4 is 11.7 Å². The predicted molar refractivity (Wildman–Crippen MR) is 78.6 cm³/mol. The minimum absolute atomic E-state index is 0.0220. The maximum Gasteiger partial charge on any atom is 0.254 e. The molecule has 1 aliphatic heterocycles. The number of carbonyl (C=O) groups is 1. The van der Waals surface area contributed by atoms with Crippen LogP contribution in [-0.2, 0) is 11.2 Å². The van der Waals surface area contributed by atoms with Gasteiger partial charge in [-0.1, -0.05) is 13.3 Å². The number of hydrogen-bond donors (Lipinski definition) is 1. The van der Waals surface area contributed by atoms with Crippen molar-refractivity contribution in [2.24, 2.45) is 0 Å². The van der Waals surface area contributed by atoms with E-state index in [2.05, 4.69) is 11.9 Å². The Morgan fingerprint density at radius 1 is 1.55 bits per heavy atom. The van der Waals surface area contributed by atoms with Crippen molar-refractivity contribution in [1.82, 2.24) is 9.88 Å². The summed E-state index contributed by atoms with van der Waals surface area (Å²) >= 11 is 0. The lowest BCUT2D eigenvalue weighted by atomic mass is 10.1. The Morgan fingerprint density at radius 2 is 2.35 bits per heavy atom. The lowest BCUT2D eigenvalue weighted by Crippen LogP contribution is -2.36. The highest BCUT2D eigenvalue weighted by Crippen LogP contribution is 2.14. The van der Waals surface area contributed by atoms with E-state index in [1.54, 1.807) is 6.07 Å². The van der Waals surface area contributed by atoms with Crippen LogP contribution in [0.5, 0.6) is 0 Å². The average Bonchev–Trinajstić information content (AvgIpc) is 2.62. The van der Waals surface area contributed by atoms with Gasteiger partial charge in [0, 0.05) is 31.0 Å². The van der Waals surface area contributed by atoms with Gasteiger partial charge in [0.25, 0.3) is 5.91 Å². The Balaban J connectivity index is 2.18. The fourth-order valence-corrected chi connectivity index (χ4v) is 2.48. The minimum atomic E-state index is 0.0220. The van der Waals surface area contributed by atoms with Crippen LogP contribution < -0.4 is 5.73 Å². The summed E-state index contributed by atoms with van der Waals surface area (Å²) in [6, 6.07) is 3.52. The molecule has 0 bridgehead atoms. The first-order valence-corrected chi connectivity index (χ1v) is 7.27. The van der Waals surface area contributed by atoms with Crippen LogP contribution in [0, 0.1) is 0 Å². The quantitative estimate of drug-likeness (QED) is 0.915. The highest BCUT2D eigenvalue weighted by Gasteiger charge is 2.21. The van der Waals surface area contributed by atoms with Gasteiger partial charge in [0.1, 0.15) is 5.82 Å². The molecule has 1 unspecified atom stereocenters. The number of hydrogen-bond acceptors (Lipinski definition) is 4. The zero-order valence-corrected chi connectivity index (χ0v) is 12.3.